The van der Waals surface area contributed by atoms with E-state index in [0.717, 1.165) is 18.2 Å². The summed E-state index contributed by atoms with van der Waals surface area (Å²) in [5.41, 5.74) is 3.79. The molecule has 0 unspecified atom stereocenters. The van der Waals surface area contributed by atoms with Crippen LogP contribution in [0.5, 0.6) is 0 Å². The number of aromatic amines is 1. The minimum atomic E-state index is 0.580. The van der Waals surface area contributed by atoms with Gasteiger partial charge in [-0.05, 0) is 57.3 Å². The third-order valence-corrected chi connectivity index (χ3v) is 6.23. The summed E-state index contributed by atoms with van der Waals surface area (Å²) in [6.45, 7) is 4.37. The van der Waals surface area contributed by atoms with E-state index in [1.807, 2.05) is 6.21 Å². The summed E-state index contributed by atoms with van der Waals surface area (Å²) in [7, 11) is 0. The van der Waals surface area contributed by atoms with Crippen LogP contribution in [0.3, 0.4) is 0 Å². The molecule has 6 heteroatoms. The molecule has 0 spiro atoms. The topological polar surface area (TPSA) is 50.9 Å². The van der Waals surface area contributed by atoms with Gasteiger partial charge < -0.3 is 4.57 Å². The van der Waals surface area contributed by atoms with E-state index in [0.29, 0.717) is 10.8 Å². The standard InChI is InChI=1S/C20H29N5S/c1-14-12-17(15(2)24(14)18-9-10-18)13-21-25-19(22-23-20(25)26)11-8-16-6-4-3-5-7-16/h12-13,16,18H,3-11H2,1-2H3,(H,23,26)/b21-13+. The van der Waals surface area contributed by atoms with Crippen molar-refractivity contribution < 1.29 is 0 Å². The summed E-state index contributed by atoms with van der Waals surface area (Å²) in [4.78, 5) is 0. The van der Waals surface area contributed by atoms with Crippen LogP contribution in [0.15, 0.2) is 11.2 Å². The summed E-state index contributed by atoms with van der Waals surface area (Å²) >= 11 is 5.40. The molecule has 26 heavy (non-hydrogen) atoms. The van der Waals surface area contributed by atoms with Gasteiger partial charge in [-0.15, -0.1) is 0 Å². The van der Waals surface area contributed by atoms with E-state index in [-0.39, 0.29) is 0 Å². The van der Waals surface area contributed by atoms with E-state index < -0.39 is 0 Å². The Morgan fingerprint density at radius 1 is 1.23 bits per heavy atom. The van der Waals surface area contributed by atoms with Crippen molar-refractivity contribution in [1.82, 2.24) is 19.4 Å². The normalized spacial score (nSPS) is 18.8. The van der Waals surface area contributed by atoms with Crippen molar-refractivity contribution in [3.8, 4) is 0 Å². The first-order valence-corrected chi connectivity index (χ1v) is 10.4. The Bertz CT molecular complexity index is 846. The molecule has 140 valence electrons. The Hall–Kier alpha value is -1.69. The highest BCUT2D eigenvalue weighted by molar-refractivity contribution is 7.71. The maximum Gasteiger partial charge on any atom is 0.216 e. The van der Waals surface area contributed by atoms with Crippen LogP contribution in [0.4, 0.5) is 0 Å². The number of aromatic nitrogens is 4. The van der Waals surface area contributed by atoms with Crippen LogP contribution in [0.1, 0.15) is 80.2 Å². The predicted octanol–water partition coefficient (Wildman–Crippen LogP) is 5.09. The van der Waals surface area contributed by atoms with Gasteiger partial charge in [-0.3, -0.25) is 5.10 Å². The quantitative estimate of drug-likeness (QED) is 0.568. The largest absolute Gasteiger partial charge is 0.345 e. The summed E-state index contributed by atoms with van der Waals surface area (Å²) in [5, 5.41) is 12.0. The average Bonchev–Trinajstić information content (AvgIpc) is 3.35. The molecule has 2 aromatic rings. The van der Waals surface area contributed by atoms with Crippen LogP contribution in [0.25, 0.3) is 0 Å². The number of nitrogens with zero attached hydrogens (tertiary/aromatic N) is 4. The first-order chi connectivity index (χ1) is 12.6. The van der Waals surface area contributed by atoms with Gasteiger partial charge in [-0.25, -0.2) is 0 Å². The Kier molecular flexibility index (Phi) is 5.11. The van der Waals surface area contributed by atoms with E-state index in [1.54, 1.807) is 4.68 Å². The van der Waals surface area contributed by atoms with Gasteiger partial charge in [0, 0.05) is 29.4 Å². The lowest BCUT2D eigenvalue weighted by atomic mass is 9.86. The number of nitrogens with one attached hydrogen (secondary N) is 1. The molecule has 2 aliphatic rings. The van der Waals surface area contributed by atoms with Crippen LogP contribution >= 0.6 is 12.2 Å². The highest BCUT2D eigenvalue weighted by Crippen LogP contribution is 2.38. The molecule has 0 bridgehead atoms. The molecular weight excluding hydrogens is 342 g/mol. The Morgan fingerprint density at radius 2 is 2.00 bits per heavy atom. The fourth-order valence-corrected chi connectivity index (χ4v) is 4.56. The SMILES string of the molecule is Cc1cc(/C=N/n2c(CCC3CCCCC3)n[nH]c2=S)c(C)n1C1CC1. The van der Waals surface area contributed by atoms with Gasteiger partial charge in [0.2, 0.25) is 4.77 Å². The van der Waals surface area contributed by atoms with Crippen molar-refractivity contribution in [2.75, 3.05) is 0 Å². The van der Waals surface area contributed by atoms with Crippen molar-refractivity contribution in [2.45, 2.75) is 77.7 Å². The van der Waals surface area contributed by atoms with Crippen molar-refractivity contribution >= 4 is 18.4 Å². The lowest BCUT2D eigenvalue weighted by molar-refractivity contribution is 0.336. The van der Waals surface area contributed by atoms with Gasteiger partial charge in [0.15, 0.2) is 5.82 Å². The molecule has 2 saturated carbocycles. The molecular formula is C20H29N5S. The van der Waals surface area contributed by atoms with Crippen LogP contribution in [0.2, 0.25) is 0 Å². The molecule has 1 N–H and O–H groups in total. The molecule has 0 aromatic carbocycles. The molecule has 2 fully saturated rings. The first kappa shape index (κ1) is 17.7. The summed E-state index contributed by atoms with van der Waals surface area (Å²) in [6, 6.07) is 2.92. The van der Waals surface area contributed by atoms with Crippen LogP contribution in [-0.2, 0) is 6.42 Å². The lowest BCUT2D eigenvalue weighted by Crippen LogP contribution is -2.09. The minimum absolute atomic E-state index is 0.580. The molecule has 0 amide bonds. The zero-order valence-electron chi connectivity index (χ0n) is 15.9. The van der Waals surface area contributed by atoms with Crippen LogP contribution < -0.4 is 0 Å². The van der Waals surface area contributed by atoms with Gasteiger partial charge in [-0.2, -0.15) is 14.9 Å². The van der Waals surface area contributed by atoms with E-state index in [4.69, 9.17) is 12.2 Å². The molecule has 0 saturated heterocycles. The molecule has 0 radical (unpaired) electrons. The van der Waals surface area contributed by atoms with Crippen molar-refractivity contribution in [3.63, 3.8) is 0 Å². The van der Waals surface area contributed by atoms with Crippen molar-refractivity contribution in [2.24, 2.45) is 11.0 Å². The summed E-state index contributed by atoms with van der Waals surface area (Å²) in [6.07, 6.45) is 13.6. The Morgan fingerprint density at radius 3 is 2.73 bits per heavy atom. The summed E-state index contributed by atoms with van der Waals surface area (Å²) < 4.78 is 4.83. The highest BCUT2D eigenvalue weighted by Gasteiger charge is 2.26. The zero-order valence-corrected chi connectivity index (χ0v) is 16.7. The van der Waals surface area contributed by atoms with E-state index in [1.165, 1.54) is 68.3 Å². The molecule has 2 aromatic heterocycles. The molecule has 4 rings (SSSR count). The molecule has 0 aliphatic heterocycles. The van der Waals surface area contributed by atoms with Gasteiger partial charge in [-0.1, -0.05) is 32.1 Å². The van der Waals surface area contributed by atoms with Crippen molar-refractivity contribution in [3.05, 3.63) is 33.6 Å². The van der Waals surface area contributed by atoms with Crippen LogP contribution in [0, 0.1) is 24.5 Å². The van der Waals surface area contributed by atoms with Gasteiger partial charge in [0.25, 0.3) is 0 Å². The molecule has 0 atom stereocenters. The second kappa shape index (κ2) is 7.51. The van der Waals surface area contributed by atoms with Crippen molar-refractivity contribution in [1.29, 1.82) is 0 Å². The number of hydrogen-bond acceptors (Lipinski definition) is 3. The second-order valence-electron chi connectivity index (χ2n) is 7.97. The Balaban J connectivity index is 1.49. The fourth-order valence-electron chi connectivity index (χ4n) is 4.36. The third kappa shape index (κ3) is 3.70. The smallest absolute Gasteiger partial charge is 0.216 e. The van der Waals surface area contributed by atoms with E-state index in [2.05, 4.69) is 39.8 Å². The third-order valence-electron chi connectivity index (χ3n) is 5.97. The number of aryl methyl sites for hydroxylation is 2. The molecule has 2 aliphatic carbocycles. The van der Waals surface area contributed by atoms with E-state index in [9.17, 15) is 0 Å². The fraction of sp³-hybridized carbons (Fsp3) is 0.650. The van der Waals surface area contributed by atoms with Gasteiger partial charge in [0.1, 0.15) is 0 Å². The number of hydrogen-bond donors (Lipinski definition) is 1. The zero-order chi connectivity index (χ0) is 18.1. The highest BCUT2D eigenvalue weighted by atomic mass is 32.1. The van der Waals surface area contributed by atoms with E-state index >= 15 is 0 Å². The second-order valence-corrected chi connectivity index (χ2v) is 8.36. The van der Waals surface area contributed by atoms with Gasteiger partial charge >= 0.3 is 0 Å². The Labute approximate surface area is 160 Å². The lowest BCUT2D eigenvalue weighted by Gasteiger charge is -2.20. The average molecular weight is 372 g/mol. The first-order valence-electron chi connectivity index (χ1n) is 10.0. The maximum atomic E-state index is 5.40. The predicted molar refractivity (Wildman–Crippen MR) is 107 cm³/mol. The monoisotopic (exact) mass is 371 g/mol. The minimum Gasteiger partial charge on any atom is -0.345 e. The molecule has 2 heterocycles. The van der Waals surface area contributed by atoms with Gasteiger partial charge in [0.05, 0.1) is 6.21 Å². The number of H-pyrrole nitrogens is 1. The summed E-state index contributed by atoms with van der Waals surface area (Å²) in [5.74, 6) is 1.79. The number of rotatable bonds is 6. The maximum absolute atomic E-state index is 5.40. The van der Waals surface area contributed by atoms with Crippen LogP contribution in [-0.4, -0.2) is 25.7 Å². The molecule has 5 nitrogen and oxygen atoms in total.